The average Bonchev–Trinajstić information content (AvgIpc) is 3.86. The highest BCUT2D eigenvalue weighted by molar-refractivity contribution is 7.17. The van der Waals surface area contributed by atoms with Crippen LogP contribution in [0.15, 0.2) is 106 Å². The third-order valence-corrected chi connectivity index (χ3v) is 15.1. The van der Waals surface area contributed by atoms with Gasteiger partial charge in [0.1, 0.15) is 17.3 Å². The van der Waals surface area contributed by atoms with Crippen LogP contribution in [0.5, 0.6) is 17.2 Å². The van der Waals surface area contributed by atoms with Gasteiger partial charge in [0.05, 0.1) is 32.6 Å². The number of carbonyl (C=O) groups is 2. The van der Waals surface area contributed by atoms with E-state index in [1.807, 2.05) is 50.2 Å². The van der Waals surface area contributed by atoms with Crippen LogP contribution in [0, 0.1) is 5.41 Å². The number of methoxy groups -OCH3 is 2. The summed E-state index contributed by atoms with van der Waals surface area (Å²) in [5.41, 5.74) is -0.919. The van der Waals surface area contributed by atoms with Gasteiger partial charge in [-0.25, -0.2) is 4.79 Å². The maximum absolute atomic E-state index is 14.0. The average molecular weight is 823 g/mol. The molecule has 6 rings (SSSR count). The lowest BCUT2D eigenvalue weighted by atomic mass is 9.96. The second-order valence-corrected chi connectivity index (χ2v) is 20.5. The summed E-state index contributed by atoms with van der Waals surface area (Å²) in [5.74, 6) is -0.419. The van der Waals surface area contributed by atoms with E-state index < -0.39 is 25.3 Å². The number of anilines is 2. The number of rotatable bonds is 15. The molecule has 2 amide bonds. The van der Waals surface area contributed by atoms with Crippen molar-refractivity contribution in [3.63, 3.8) is 0 Å². The molecule has 0 aliphatic heterocycles. The molecule has 14 nitrogen and oxygen atoms in total. The molecule has 3 aromatic heterocycles. The van der Waals surface area contributed by atoms with E-state index in [1.165, 1.54) is 38.1 Å². The molecule has 3 heterocycles. The first-order valence-electron chi connectivity index (χ1n) is 18.4. The Morgan fingerprint density at radius 1 is 0.828 bits per heavy atom. The van der Waals surface area contributed by atoms with Gasteiger partial charge in [-0.1, -0.05) is 113 Å². The summed E-state index contributed by atoms with van der Waals surface area (Å²) in [6, 6.07) is 28.9. The Morgan fingerprint density at radius 2 is 1.45 bits per heavy atom. The third kappa shape index (κ3) is 8.73. The minimum atomic E-state index is -2.89. The lowest BCUT2D eigenvalue weighted by Gasteiger charge is -2.44. The normalized spacial score (nSPS) is 11.9. The molecule has 2 N–H and O–H groups in total. The number of nitrogens with one attached hydrogen (secondary N) is 2. The molecule has 0 atom stereocenters. The van der Waals surface area contributed by atoms with E-state index in [4.69, 9.17) is 23.1 Å². The van der Waals surface area contributed by atoms with Gasteiger partial charge >= 0.3 is 5.63 Å². The number of hydrogen-bond acceptors (Lipinski definition) is 12. The highest BCUT2D eigenvalue weighted by Gasteiger charge is 2.51. The molecule has 0 spiro atoms. The number of nitrogens with zero attached hydrogens (tertiary/aromatic N) is 4. The summed E-state index contributed by atoms with van der Waals surface area (Å²) < 4.78 is 32.0. The Bertz CT molecular complexity index is 2380. The summed E-state index contributed by atoms with van der Waals surface area (Å²) in [5, 5.41) is 20.0. The molecule has 3 aromatic carbocycles. The van der Waals surface area contributed by atoms with Gasteiger partial charge < -0.3 is 28.4 Å². The van der Waals surface area contributed by atoms with Crippen molar-refractivity contribution in [2.45, 2.75) is 46.6 Å². The molecule has 0 fully saturated rings. The van der Waals surface area contributed by atoms with Crippen molar-refractivity contribution in [1.29, 1.82) is 0 Å². The number of benzene rings is 3. The van der Waals surface area contributed by atoms with Crippen LogP contribution in [-0.4, -0.2) is 67.5 Å². The molecule has 6 aromatic rings. The zero-order valence-corrected chi connectivity index (χ0v) is 35.4. The van der Waals surface area contributed by atoms with Gasteiger partial charge in [0.2, 0.25) is 21.9 Å². The van der Waals surface area contributed by atoms with Crippen molar-refractivity contribution in [2.75, 3.05) is 38.1 Å². The number of ether oxygens (including phenoxy) is 3. The van der Waals surface area contributed by atoms with Gasteiger partial charge in [0.25, 0.3) is 14.2 Å². The third-order valence-electron chi connectivity index (χ3n) is 9.30. The van der Waals surface area contributed by atoms with E-state index in [0.717, 1.165) is 21.7 Å². The SMILES string of the molecule is COc1cccc(OC)c1-c1cc(C(=O)Nc2nnc(-n3nccc3NC(C)=O)s2)oc(=O)c1OCC(C)(C)CO[Si](c1ccccc1)(c1ccccc1)C(C)(C)C. The molecule has 0 bridgehead atoms. The highest BCUT2D eigenvalue weighted by Crippen LogP contribution is 2.43. The Morgan fingerprint density at radius 3 is 2.02 bits per heavy atom. The van der Waals surface area contributed by atoms with E-state index in [1.54, 1.807) is 24.3 Å². The van der Waals surface area contributed by atoms with Crippen LogP contribution in [0.3, 0.4) is 0 Å². The summed E-state index contributed by atoms with van der Waals surface area (Å²) in [4.78, 5) is 39.3. The van der Waals surface area contributed by atoms with E-state index in [9.17, 15) is 14.4 Å². The van der Waals surface area contributed by atoms with Crippen LogP contribution in [0.2, 0.25) is 5.04 Å². The Labute approximate surface area is 341 Å². The van der Waals surface area contributed by atoms with Crippen molar-refractivity contribution < 1.29 is 32.6 Å². The smallest absolute Gasteiger partial charge is 0.379 e. The first-order valence-corrected chi connectivity index (χ1v) is 21.1. The monoisotopic (exact) mass is 822 g/mol. The van der Waals surface area contributed by atoms with Crippen molar-refractivity contribution in [1.82, 2.24) is 20.0 Å². The second kappa shape index (κ2) is 17.2. The van der Waals surface area contributed by atoms with Crippen LogP contribution in [-0.2, 0) is 9.22 Å². The quantitative estimate of drug-likeness (QED) is 0.108. The molecule has 0 unspecified atom stereocenters. The summed E-state index contributed by atoms with van der Waals surface area (Å²) in [6.07, 6.45) is 1.49. The molecule has 0 saturated heterocycles. The van der Waals surface area contributed by atoms with Crippen LogP contribution in [0.1, 0.15) is 52.1 Å². The van der Waals surface area contributed by atoms with Gasteiger partial charge in [-0.05, 0) is 33.6 Å². The topological polar surface area (TPSA) is 169 Å². The molecule has 0 aliphatic carbocycles. The van der Waals surface area contributed by atoms with Gasteiger partial charge in [-0.2, -0.15) is 9.78 Å². The fraction of sp³-hybridized carbons (Fsp3) is 0.286. The predicted octanol–water partition coefficient (Wildman–Crippen LogP) is 6.55. The number of carbonyl (C=O) groups excluding carboxylic acids is 2. The molecule has 58 heavy (non-hydrogen) atoms. The van der Waals surface area contributed by atoms with Crippen LogP contribution in [0.25, 0.3) is 16.3 Å². The summed E-state index contributed by atoms with van der Waals surface area (Å²) in [6.45, 7) is 12.4. The fourth-order valence-electron chi connectivity index (χ4n) is 6.65. The molecular formula is C42H46N6O8SSi. The van der Waals surface area contributed by atoms with E-state index >= 15 is 0 Å². The first-order chi connectivity index (χ1) is 27.7. The highest BCUT2D eigenvalue weighted by atomic mass is 32.1. The minimum absolute atomic E-state index is 0.0490. The zero-order chi connectivity index (χ0) is 41.7. The summed E-state index contributed by atoms with van der Waals surface area (Å²) >= 11 is 0.992. The number of amides is 2. The van der Waals surface area contributed by atoms with Crippen LogP contribution >= 0.6 is 11.3 Å². The number of aromatic nitrogens is 4. The first kappa shape index (κ1) is 41.5. The van der Waals surface area contributed by atoms with Crippen LogP contribution < -0.4 is 40.8 Å². The molecule has 0 saturated carbocycles. The number of hydrogen-bond donors (Lipinski definition) is 2. The maximum atomic E-state index is 14.0. The van der Waals surface area contributed by atoms with Crippen molar-refractivity contribution in [3.8, 4) is 33.5 Å². The van der Waals surface area contributed by atoms with Gasteiger partial charge in [-0.3, -0.25) is 14.9 Å². The molecule has 302 valence electrons. The van der Waals surface area contributed by atoms with Gasteiger partial charge in [0, 0.05) is 30.6 Å². The fourth-order valence-corrected chi connectivity index (χ4v) is 12.1. The Kier molecular flexibility index (Phi) is 12.3. The predicted molar refractivity (Wildman–Crippen MR) is 226 cm³/mol. The molecular weight excluding hydrogens is 777 g/mol. The van der Waals surface area contributed by atoms with Crippen molar-refractivity contribution >= 4 is 52.8 Å². The van der Waals surface area contributed by atoms with Crippen LogP contribution in [0.4, 0.5) is 10.9 Å². The molecule has 16 heteroatoms. The molecule has 0 aliphatic rings. The van der Waals surface area contributed by atoms with Gasteiger partial charge in [-0.15, -0.1) is 10.2 Å². The maximum Gasteiger partial charge on any atom is 0.379 e. The second-order valence-electron chi connectivity index (χ2n) is 15.2. The standard InChI is InChI=1S/C42H46N6O8SSi/c1-27(49)44-34-22-23-43-48(34)40-47-46-39(57-40)45-37(50)33-24-30(35-31(52-7)20-15-21-32(35)53-8)36(38(51)56-33)54-25-42(5,6)26-55-58(41(2,3)4,28-16-11-9-12-17-28)29-18-13-10-14-19-29/h9-24H,25-26H2,1-8H3,(H,44,49)(H,45,46,50). The Balaban J connectivity index is 1.32. The van der Waals surface area contributed by atoms with E-state index in [2.05, 4.69) is 71.0 Å². The van der Waals surface area contributed by atoms with E-state index in [0.29, 0.717) is 29.5 Å². The minimum Gasteiger partial charge on any atom is -0.496 e. The molecule has 0 radical (unpaired) electrons. The van der Waals surface area contributed by atoms with Crippen molar-refractivity contribution in [2.24, 2.45) is 5.41 Å². The largest absolute Gasteiger partial charge is 0.496 e. The van der Waals surface area contributed by atoms with E-state index in [-0.39, 0.29) is 44.9 Å². The summed E-state index contributed by atoms with van der Waals surface area (Å²) in [7, 11) is 0.100. The zero-order valence-electron chi connectivity index (χ0n) is 33.6. The van der Waals surface area contributed by atoms with Gasteiger partial charge in [0.15, 0.2) is 5.76 Å². The lowest BCUT2D eigenvalue weighted by molar-refractivity contribution is -0.114. The van der Waals surface area contributed by atoms with Crippen molar-refractivity contribution in [3.05, 3.63) is 113 Å². The lowest BCUT2D eigenvalue weighted by Crippen LogP contribution is -2.67. The Hall–Kier alpha value is -6.10.